The molecule has 132 valence electrons. The molecule has 0 radical (unpaired) electrons. The van der Waals surface area contributed by atoms with Crippen molar-refractivity contribution in [2.45, 2.75) is 30.4 Å². The zero-order valence-corrected chi connectivity index (χ0v) is 15.9. The van der Waals surface area contributed by atoms with Crippen molar-refractivity contribution in [2.24, 2.45) is 0 Å². The van der Waals surface area contributed by atoms with Crippen LogP contribution in [0.25, 0.3) is 0 Å². The highest BCUT2D eigenvalue weighted by Gasteiger charge is 2.14. The second kappa shape index (κ2) is 8.72. The first-order chi connectivity index (χ1) is 12.6. The van der Waals surface area contributed by atoms with Gasteiger partial charge in [-0.05, 0) is 35.2 Å². The van der Waals surface area contributed by atoms with Gasteiger partial charge in [0.15, 0.2) is 0 Å². The summed E-state index contributed by atoms with van der Waals surface area (Å²) in [4.78, 5) is 13.9. The smallest absolute Gasteiger partial charge is 0.256 e. The number of nitrogens with one attached hydrogen (secondary N) is 1. The van der Waals surface area contributed by atoms with Crippen LogP contribution in [0.2, 0.25) is 0 Å². The molecule has 3 aromatic carbocycles. The summed E-state index contributed by atoms with van der Waals surface area (Å²) in [6, 6.07) is 26.1. The summed E-state index contributed by atoms with van der Waals surface area (Å²) in [5.41, 5.74) is 4.00. The normalized spacial score (nSPS) is 10.7. The van der Waals surface area contributed by atoms with Gasteiger partial charge in [-0.2, -0.15) is 0 Å². The number of hydrogen-bond acceptors (Lipinski definition) is 2. The first kappa shape index (κ1) is 18.3. The van der Waals surface area contributed by atoms with Gasteiger partial charge in [-0.25, -0.2) is 0 Å². The zero-order valence-electron chi connectivity index (χ0n) is 15.1. The quantitative estimate of drug-likeness (QED) is 0.518. The van der Waals surface area contributed by atoms with Crippen LogP contribution in [0, 0.1) is 0 Å². The molecule has 0 aromatic heterocycles. The molecule has 1 N–H and O–H groups in total. The minimum Gasteiger partial charge on any atom is -0.322 e. The molecule has 0 fully saturated rings. The van der Waals surface area contributed by atoms with Crippen LogP contribution in [-0.4, -0.2) is 5.91 Å². The molecular weight excluding hydrogens is 338 g/mol. The molecule has 26 heavy (non-hydrogen) atoms. The fourth-order valence-corrected chi connectivity index (χ4v) is 3.83. The number of anilines is 1. The maximum atomic E-state index is 12.9. The van der Waals surface area contributed by atoms with Crippen LogP contribution in [-0.2, 0) is 5.75 Å². The van der Waals surface area contributed by atoms with Crippen molar-refractivity contribution in [3.05, 3.63) is 95.6 Å². The van der Waals surface area contributed by atoms with Crippen LogP contribution in [0.15, 0.2) is 83.8 Å². The summed E-state index contributed by atoms with van der Waals surface area (Å²) in [5.74, 6) is 1.14. The molecule has 0 bridgehead atoms. The molecule has 0 spiro atoms. The summed E-state index contributed by atoms with van der Waals surface area (Å²) in [6.45, 7) is 4.27. The van der Waals surface area contributed by atoms with Gasteiger partial charge in [0.2, 0.25) is 0 Å². The van der Waals surface area contributed by atoms with Crippen LogP contribution in [0.5, 0.6) is 0 Å². The van der Waals surface area contributed by atoms with E-state index in [4.69, 9.17) is 0 Å². The van der Waals surface area contributed by atoms with Crippen LogP contribution < -0.4 is 5.32 Å². The van der Waals surface area contributed by atoms with Crippen LogP contribution >= 0.6 is 11.8 Å². The second-order valence-corrected chi connectivity index (χ2v) is 7.48. The van der Waals surface area contributed by atoms with Gasteiger partial charge < -0.3 is 5.32 Å². The Balaban J connectivity index is 1.78. The van der Waals surface area contributed by atoms with E-state index in [1.807, 2.05) is 60.7 Å². The summed E-state index contributed by atoms with van der Waals surface area (Å²) in [7, 11) is 0. The second-order valence-electron chi connectivity index (χ2n) is 6.47. The molecule has 0 atom stereocenters. The maximum Gasteiger partial charge on any atom is 0.256 e. The molecule has 3 aromatic rings. The Morgan fingerprint density at radius 1 is 0.885 bits per heavy atom. The number of thioether (sulfide) groups is 1. The number of carbonyl (C=O) groups is 1. The van der Waals surface area contributed by atoms with Crippen molar-refractivity contribution in [3.63, 3.8) is 0 Å². The molecule has 0 saturated heterocycles. The van der Waals surface area contributed by atoms with Gasteiger partial charge in [0.25, 0.3) is 5.91 Å². The highest BCUT2D eigenvalue weighted by molar-refractivity contribution is 7.98. The highest BCUT2D eigenvalue weighted by atomic mass is 32.2. The molecule has 0 aliphatic rings. The van der Waals surface area contributed by atoms with E-state index in [0.717, 1.165) is 21.9 Å². The van der Waals surface area contributed by atoms with Crippen molar-refractivity contribution in [1.82, 2.24) is 0 Å². The molecule has 2 nitrogen and oxygen atoms in total. The summed E-state index contributed by atoms with van der Waals surface area (Å²) < 4.78 is 0. The third-order valence-corrected chi connectivity index (χ3v) is 5.34. The van der Waals surface area contributed by atoms with Crippen LogP contribution in [0.1, 0.15) is 41.3 Å². The predicted octanol–water partition coefficient (Wildman–Crippen LogP) is 6.35. The molecule has 0 unspecified atom stereocenters. The standard InChI is InChI=1S/C23H23NOS/c1-17(2)19-12-6-8-14-21(19)24-23(25)20-13-7-9-15-22(20)26-16-18-10-4-3-5-11-18/h3-15,17H,16H2,1-2H3,(H,24,25). The Kier molecular flexibility index (Phi) is 6.13. The number of amides is 1. The average Bonchev–Trinajstić information content (AvgIpc) is 2.67. The number of benzene rings is 3. The van der Waals surface area contributed by atoms with E-state index in [0.29, 0.717) is 11.5 Å². The number of para-hydroxylation sites is 1. The monoisotopic (exact) mass is 361 g/mol. The van der Waals surface area contributed by atoms with E-state index in [9.17, 15) is 4.79 Å². The largest absolute Gasteiger partial charge is 0.322 e. The third kappa shape index (κ3) is 4.55. The van der Waals surface area contributed by atoms with Crippen molar-refractivity contribution in [1.29, 1.82) is 0 Å². The Hall–Kier alpha value is -2.52. The third-order valence-electron chi connectivity index (χ3n) is 4.20. The predicted molar refractivity (Wildman–Crippen MR) is 111 cm³/mol. The van der Waals surface area contributed by atoms with Gasteiger partial charge in [-0.3, -0.25) is 4.79 Å². The van der Waals surface area contributed by atoms with Gasteiger partial charge in [0.1, 0.15) is 0 Å². The number of hydrogen-bond donors (Lipinski definition) is 1. The first-order valence-electron chi connectivity index (χ1n) is 8.81. The molecule has 3 rings (SSSR count). The molecule has 0 aliphatic heterocycles. The van der Waals surface area contributed by atoms with Gasteiger partial charge in [0.05, 0.1) is 5.56 Å². The van der Waals surface area contributed by atoms with Crippen molar-refractivity contribution in [2.75, 3.05) is 5.32 Å². The molecule has 0 heterocycles. The van der Waals surface area contributed by atoms with Crippen LogP contribution in [0.4, 0.5) is 5.69 Å². The fraction of sp³-hybridized carbons (Fsp3) is 0.174. The lowest BCUT2D eigenvalue weighted by Gasteiger charge is -2.15. The van der Waals surface area contributed by atoms with Gasteiger partial charge >= 0.3 is 0 Å². The average molecular weight is 362 g/mol. The molecule has 0 aliphatic carbocycles. The summed E-state index contributed by atoms with van der Waals surface area (Å²) >= 11 is 1.69. The lowest BCUT2D eigenvalue weighted by Crippen LogP contribution is -2.14. The van der Waals surface area contributed by atoms with Crippen molar-refractivity contribution in [3.8, 4) is 0 Å². The van der Waals surface area contributed by atoms with Crippen molar-refractivity contribution >= 4 is 23.4 Å². The van der Waals surface area contributed by atoms with Crippen LogP contribution in [0.3, 0.4) is 0 Å². The van der Waals surface area contributed by atoms with E-state index in [2.05, 4.69) is 37.4 Å². The Labute approximate surface area is 159 Å². The number of carbonyl (C=O) groups excluding carboxylic acids is 1. The van der Waals surface area contributed by atoms with Gasteiger partial charge in [0, 0.05) is 16.3 Å². The maximum absolute atomic E-state index is 12.9. The van der Waals surface area contributed by atoms with E-state index in [1.54, 1.807) is 11.8 Å². The molecular formula is C23H23NOS. The van der Waals surface area contributed by atoms with E-state index in [-0.39, 0.29) is 5.91 Å². The van der Waals surface area contributed by atoms with Gasteiger partial charge in [-0.1, -0.05) is 74.5 Å². The Morgan fingerprint density at radius 3 is 2.31 bits per heavy atom. The zero-order chi connectivity index (χ0) is 18.4. The lowest BCUT2D eigenvalue weighted by molar-refractivity contribution is 0.102. The number of rotatable bonds is 6. The Morgan fingerprint density at radius 2 is 1.54 bits per heavy atom. The van der Waals surface area contributed by atoms with E-state index >= 15 is 0 Å². The molecule has 1 amide bonds. The minimum absolute atomic E-state index is 0.0609. The van der Waals surface area contributed by atoms with E-state index < -0.39 is 0 Å². The van der Waals surface area contributed by atoms with Crippen molar-refractivity contribution < 1.29 is 4.79 Å². The lowest BCUT2D eigenvalue weighted by atomic mass is 10.0. The SMILES string of the molecule is CC(C)c1ccccc1NC(=O)c1ccccc1SCc1ccccc1. The van der Waals surface area contributed by atoms with Gasteiger partial charge in [-0.15, -0.1) is 11.8 Å². The Bertz CT molecular complexity index is 874. The minimum atomic E-state index is -0.0609. The first-order valence-corrected chi connectivity index (χ1v) is 9.79. The topological polar surface area (TPSA) is 29.1 Å². The molecule has 0 saturated carbocycles. The summed E-state index contributed by atoms with van der Waals surface area (Å²) in [6.07, 6.45) is 0. The highest BCUT2D eigenvalue weighted by Crippen LogP contribution is 2.28. The van der Waals surface area contributed by atoms with E-state index in [1.165, 1.54) is 5.56 Å². The fourth-order valence-electron chi connectivity index (χ4n) is 2.82. The summed E-state index contributed by atoms with van der Waals surface area (Å²) in [5, 5.41) is 3.09. The molecule has 3 heteroatoms.